The van der Waals surface area contributed by atoms with Crippen molar-refractivity contribution in [3.63, 3.8) is 0 Å². The molecule has 0 amide bonds. The Hall–Kier alpha value is -0.510. The summed E-state index contributed by atoms with van der Waals surface area (Å²) >= 11 is 1.98. The Bertz CT molecular complexity index is 313. The van der Waals surface area contributed by atoms with E-state index in [-0.39, 0.29) is 6.04 Å². The van der Waals surface area contributed by atoms with E-state index in [4.69, 9.17) is 10.5 Å². The van der Waals surface area contributed by atoms with E-state index in [1.807, 2.05) is 17.8 Å². The first-order valence-electron chi connectivity index (χ1n) is 5.85. The Morgan fingerprint density at radius 3 is 2.56 bits per heavy atom. The standard InChI is InChI=1S/C13H19NOS/c1-2-12(16-11-8-15-9-11)13(14)10-6-4-3-5-7-10/h3-7,11-13H,2,8-9,14H2,1H3. The molecule has 0 radical (unpaired) electrons. The van der Waals surface area contributed by atoms with Crippen molar-refractivity contribution < 1.29 is 4.74 Å². The Kier molecular flexibility index (Phi) is 4.27. The molecule has 1 saturated heterocycles. The molecule has 2 unspecified atom stereocenters. The second-order valence-corrected chi connectivity index (χ2v) is 5.72. The van der Waals surface area contributed by atoms with Crippen LogP contribution in [-0.4, -0.2) is 23.7 Å². The first kappa shape index (κ1) is 12.0. The van der Waals surface area contributed by atoms with Gasteiger partial charge in [0.15, 0.2) is 0 Å². The molecule has 2 N–H and O–H groups in total. The topological polar surface area (TPSA) is 35.2 Å². The van der Waals surface area contributed by atoms with Crippen LogP contribution in [0.25, 0.3) is 0 Å². The molecule has 3 heteroatoms. The van der Waals surface area contributed by atoms with Crippen LogP contribution in [-0.2, 0) is 4.74 Å². The third kappa shape index (κ3) is 2.78. The van der Waals surface area contributed by atoms with Crippen LogP contribution in [0.2, 0.25) is 0 Å². The molecule has 0 saturated carbocycles. The van der Waals surface area contributed by atoms with E-state index in [0.717, 1.165) is 19.6 Å². The smallest absolute Gasteiger partial charge is 0.0608 e. The lowest BCUT2D eigenvalue weighted by Gasteiger charge is -2.31. The summed E-state index contributed by atoms with van der Waals surface area (Å²) in [6, 6.07) is 10.5. The highest BCUT2D eigenvalue weighted by Gasteiger charge is 2.26. The van der Waals surface area contributed by atoms with E-state index in [1.54, 1.807) is 0 Å². The predicted octanol–water partition coefficient (Wildman–Crippen LogP) is 2.60. The highest BCUT2D eigenvalue weighted by molar-refractivity contribution is 8.00. The summed E-state index contributed by atoms with van der Waals surface area (Å²) in [7, 11) is 0. The molecule has 2 nitrogen and oxygen atoms in total. The third-order valence-electron chi connectivity index (χ3n) is 2.96. The molecule has 1 aliphatic rings. The Balaban J connectivity index is 1.97. The van der Waals surface area contributed by atoms with Gasteiger partial charge >= 0.3 is 0 Å². The molecule has 0 bridgehead atoms. The van der Waals surface area contributed by atoms with Gasteiger partial charge in [0, 0.05) is 11.3 Å². The summed E-state index contributed by atoms with van der Waals surface area (Å²) in [6.07, 6.45) is 1.11. The molecule has 16 heavy (non-hydrogen) atoms. The minimum absolute atomic E-state index is 0.136. The van der Waals surface area contributed by atoms with E-state index >= 15 is 0 Å². The lowest BCUT2D eigenvalue weighted by atomic mass is 10.0. The van der Waals surface area contributed by atoms with Gasteiger partial charge in [-0.3, -0.25) is 0 Å². The Morgan fingerprint density at radius 1 is 1.38 bits per heavy atom. The maximum Gasteiger partial charge on any atom is 0.0608 e. The van der Waals surface area contributed by atoms with Gasteiger partial charge in [-0.15, -0.1) is 11.8 Å². The fraction of sp³-hybridized carbons (Fsp3) is 0.538. The quantitative estimate of drug-likeness (QED) is 0.855. The van der Waals surface area contributed by atoms with Gasteiger partial charge in [0.05, 0.1) is 18.5 Å². The lowest BCUT2D eigenvalue weighted by Crippen LogP contribution is -2.35. The minimum atomic E-state index is 0.136. The maximum atomic E-state index is 6.32. The van der Waals surface area contributed by atoms with Gasteiger partial charge in [0.1, 0.15) is 0 Å². The Labute approximate surface area is 102 Å². The number of hydrogen-bond donors (Lipinski definition) is 1. The summed E-state index contributed by atoms with van der Waals surface area (Å²) < 4.78 is 5.20. The summed E-state index contributed by atoms with van der Waals surface area (Å²) in [5, 5.41) is 1.15. The van der Waals surface area contributed by atoms with Crippen molar-refractivity contribution >= 4 is 11.8 Å². The predicted molar refractivity (Wildman–Crippen MR) is 69.6 cm³/mol. The number of nitrogens with two attached hydrogens (primary N) is 1. The average molecular weight is 237 g/mol. The van der Waals surface area contributed by atoms with E-state index in [0.29, 0.717) is 10.5 Å². The van der Waals surface area contributed by atoms with Crippen molar-refractivity contribution in [2.24, 2.45) is 5.73 Å². The zero-order chi connectivity index (χ0) is 11.4. The number of rotatable bonds is 5. The lowest BCUT2D eigenvalue weighted by molar-refractivity contribution is 0.0452. The molecule has 0 aliphatic carbocycles. The van der Waals surface area contributed by atoms with Gasteiger partial charge in [0.25, 0.3) is 0 Å². The van der Waals surface area contributed by atoms with Crippen molar-refractivity contribution in [1.29, 1.82) is 0 Å². The highest BCUT2D eigenvalue weighted by Crippen LogP contribution is 2.32. The highest BCUT2D eigenvalue weighted by atomic mass is 32.2. The van der Waals surface area contributed by atoms with Gasteiger partial charge in [-0.1, -0.05) is 37.3 Å². The van der Waals surface area contributed by atoms with Crippen LogP contribution in [0.3, 0.4) is 0 Å². The van der Waals surface area contributed by atoms with E-state index in [9.17, 15) is 0 Å². The molecule has 1 aliphatic heterocycles. The molecule has 0 aromatic heterocycles. The zero-order valence-corrected chi connectivity index (χ0v) is 10.5. The molecule has 2 atom stereocenters. The van der Waals surface area contributed by atoms with Crippen LogP contribution in [0, 0.1) is 0 Å². The molecule has 1 heterocycles. The number of ether oxygens (including phenoxy) is 1. The van der Waals surface area contributed by atoms with Crippen molar-refractivity contribution in [1.82, 2.24) is 0 Å². The molecule has 88 valence electrons. The van der Waals surface area contributed by atoms with Crippen LogP contribution >= 0.6 is 11.8 Å². The third-order valence-corrected chi connectivity index (χ3v) is 4.60. The fourth-order valence-corrected chi connectivity index (χ4v) is 3.23. The summed E-state index contributed by atoms with van der Waals surface area (Å²) in [4.78, 5) is 0. The zero-order valence-electron chi connectivity index (χ0n) is 9.63. The van der Waals surface area contributed by atoms with Gasteiger partial charge in [0.2, 0.25) is 0 Å². The summed E-state index contributed by atoms with van der Waals surface area (Å²) in [5.41, 5.74) is 7.55. The van der Waals surface area contributed by atoms with E-state index in [1.165, 1.54) is 5.56 Å². The van der Waals surface area contributed by atoms with Crippen LogP contribution < -0.4 is 5.73 Å². The number of thioether (sulfide) groups is 1. The van der Waals surface area contributed by atoms with E-state index in [2.05, 4.69) is 31.2 Å². The second-order valence-electron chi connectivity index (χ2n) is 4.18. The van der Waals surface area contributed by atoms with Gasteiger partial charge in [-0.2, -0.15) is 0 Å². The van der Waals surface area contributed by atoms with E-state index < -0.39 is 0 Å². The van der Waals surface area contributed by atoms with Gasteiger partial charge in [-0.05, 0) is 12.0 Å². The monoisotopic (exact) mass is 237 g/mol. The first-order chi connectivity index (χ1) is 7.81. The summed E-state index contributed by atoms with van der Waals surface area (Å²) in [6.45, 7) is 3.99. The van der Waals surface area contributed by atoms with Gasteiger partial charge < -0.3 is 10.5 Å². The molecular formula is C13H19NOS. The average Bonchev–Trinajstić information content (AvgIpc) is 2.28. The van der Waals surface area contributed by atoms with Gasteiger partial charge in [-0.25, -0.2) is 0 Å². The molecule has 1 fully saturated rings. The largest absolute Gasteiger partial charge is 0.379 e. The Morgan fingerprint density at radius 2 is 2.06 bits per heavy atom. The van der Waals surface area contributed by atoms with Crippen molar-refractivity contribution in [3.05, 3.63) is 35.9 Å². The number of hydrogen-bond acceptors (Lipinski definition) is 3. The first-order valence-corrected chi connectivity index (χ1v) is 6.79. The van der Waals surface area contributed by atoms with Crippen LogP contribution in [0.4, 0.5) is 0 Å². The maximum absolute atomic E-state index is 6.32. The SMILES string of the molecule is CCC(SC1COC1)C(N)c1ccccc1. The van der Waals surface area contributed by atoms with Crippen molar-refractivity contribution in [3.8, 4) is 0 Å². The molecule has 0 spiro atoms. The molecular weight excluding hydrogens is 218 g/mol. The normalized spacial score (nSPS) is 20.1. The van der Waals surface area contributed by atoms with Crippen LogP contribution in [0.5, 0.6) is 0 Å². The van der Waals surface area contributed by atoms with Crippen molar-refractivity contribution in [2.45, 2.75) is 29.9 Å². The second kappa shape index (κ2) is 5.71. The molecule has 1 aromatic rings. The number of benzene rings is 1. The summed E-state index contributed by atoms with van der Waals surface area (Å²) in [5.74, 6) is 0. The van der Waals surface area contributed by atoms with Crippen LogP contribution in [0.1, 0.15) is 24.9 Å². The minimum Gasteiger partial charge on any atom is -0.379 e. The fourth-order valence-electron chi connectivity index (χ4n) is 1.86. The van der Waals surface area contributed by atoms with Crippen LogP contribution in [0.15, 0.2) is 30.3 Å². The van der Waals surface area contributed by atoms with Crippen molar-refractivity contribution in [2.75, 3.05) is 13.2 Å². The molecule has 1 aromatic carbocycles. The molecule has 2 rings (SSSR count).